The van der Waals surface area contributed by atoms with Crippen molar-refractivity contribution < 1.29 is 4.79 Å². The summed E-state index contributed by atoms with van der Waals surface area (Å²) < 4.78 is 0. The fourth-order valence-corrected chi connectivity index (χ4v) is 3.69. The molecule has 0 saturated heterocycles. The number of para-hydroxylation sites is 1. The SMILES string of the molecule is Cc1ccc(C(=O)NCC(c2ccccc2Cl)c2c[nH]c3ccccc23)cn1. The molecule has 140 valence electrons. The molecule has 0 radical (unpaired) electrons. The van der Waals surface area contributed by atoms with E-state index in [2.05, 4.69) is 21.4 Å². The number of pyridine rings is 1. The number of aromatic amines is 1. The molecular formula is C23H20ClN3O. The van der Waals surface area contributed by atoms with Gasteiger partial charge in [-0.15, -0.1) is 0 Å². The highest BCUT2D eigenvalue weighted by molar-refractivity contribution is 6.31. The maximum atomic E-state index is 12.6. The van der Waals surface area contributed by atoms with Crippen LogP contribution in [0.1, 0.15) is 33.1 Å². The average molecular weight is 390 g/mol. The van der Waals surface area contributed by atoms with Gasteiger partial charge in [0, 0.05) is 46.5 Å². The molecule has 2 aromatic heterocycles. The van der Waals surface area contributed by atoms with Gasteiger partial charge in [-0.3, -0.25) is 9.78 Å². The van der Waals surface area contributed by atoms with Gasteiger partial charge in [-0.05, 0) is 42.3 Å². The van der Waals surface area contributed by atoms with Crippen LogP contribution < -0.4 is 5.32 Å². The van der Waals surface area contributed by atoms with Gasteiger partial charge in [0.05, 0.1) is 5.56 Å². The van der Waals surface area contributed by atoms with Crippen molar-refractivity contribution in [3.63, 3.8) is 0 Å². The Bertz CT molecular complexity index is 1120. The number of H-pyrrole nitrogens is 1. The van der Waals surface area contributed by atoms with E-state index in [0.29, 0.717) is 17.1 Å². The van der Waals surface area contributed by atoms with Crippen molar-refractivity contribution in [2.45, 2.75) is 12.8 Å². The maximum absolute atomic E-state index is 12.6. The normalized spacial score (nSPS) is 12.1. The molecule has 5 heteroatoms. The van der Waals surface area contributed by atoms with Crippen LogP contribution in [0.5, 0.6) is 0 Å². The second kappa shape index (κ2) is 7.87. The van der Waals surface area contributed by atoms with Gasteiger partial charge in [0.15, 0.2) is 0 Å². The minimum absolute atomic E-state index is 0.0767. The van der Waals surface area contributed by atoms with Crippen LogP contribution in [-0.4, -0.2) is 22.4 Å². The lowest BCUT2D eigenvalue weighted by Crippen LogP contribution is -2.29. The number of aryl methyl sites for hydroxylation is 1. The number of fused-ring (bicyclic) bond motifs is 1. The van der Waals surface area contributed by atoms with Crippen LogP contribution in [0.2, 0.25) is 5.02 Å². The summed E-state index contributed by atoms with van der Waals surface area (Å²) in [6, 6.07) is 19.5. The number of nitrogens with one attached hydrogen (secondary N) is 2. The van der Waals surface area contributed by atoms with Crippen molar-refractivity contribution in [3.8, 4) is 0 Å². The minimum atomic E-state index is -0.149. The van der Waals surface area contributed by atoms with Crippen LogP contribution in [0.15, 0.2) is 73.1 Å². The van der Waals surface area contributed by atoms with Gasteiger partial charge in [-0.25, -0.2) is 0 Å². The van der Waals surface area contributed by atoms with Crippen molar-refractivity contribution in [1.82, 2.24) is 15.3 Å². The molecule has 0 aliphatic carbocycles. The highest BCUT2D eigenvalue weighted by Gasteiger charge is 2.21. The predicted octanol–water partition coefficient (Wildman–Crippen LogP) is 5.09. The lowest BCUT2D eigenvalue weighted by Gasteiger charge is -2.19. The molecular weight excluding hydrogens is 370 g/mol. The Morgan fingerprint density at radius 1 is 1.07 bits per heavy atom. The Morgan fingerprint density at radius 2 is 1.86 bits per heavy atom. The van der Waals surface area contributed by atoms with Crippen LogP contribution in [0.4, 0.5) is 0 Å². The van der Waals surface area contributed by atoms with Crippen LogP contribution in [0.3, 0.4) is 0 Å². The zero-order valence-corrected chi connectivity index (χ0v) is 16.2. The summed E-state index contributed by atoms with van der Waals surface area (Å²) in [5, 5.41) is 4.85. The molecule has 1 amide bonds. The third-order valence-electron chi connectivity index (χ3n) is 4.92. The monoisotopic (exact) mass is 389 g/mol. The number of hydrogen-bond donors (Lipinski definition) is 2. The van der Waals surface area contributed by atoms with Crippen molar-refractivity contribution in [2.75, 3.05) is 6.54 Å². The van der Waals surface area contributed by atoms with E-state index in [1.165, 1.54) is 0 Å². The summed E-state index contributed by atoms with van der Waals surface area (Å²) in [6.07, 6.45) is 3.60. The van der Waals surface area contributed by atoms with Crippen LogP contribution in [0.25, 0.3) is 10.9 Å². The zero-order chi connectivity index (χ0) is 19.5. The molecule has 1 unspecified atom stereocenters. The number of rotatable bonds is 5. The summed E-state index contributed by atoms with van der Waals surface area (Å²) in [5.41, 5.74) is 4.57. The number of carbonyl (C=O) groups is 1. The van der Waals surface area contributed by atoms with Crippen molar-refractivity contribution in [2.24, 2.45) is 0 Å². The molecule has 2 N–H and O–H groups in total. The number of nitrogens with zero attached hydrogens (tertiary/aromatic N) is 1. The summed E-state index contributed by atoms with van der Waals surface area (Å²) in [4.78, 5) is 20.1. The first-order valence-corrected chi connectivity index (χ1v) is 9.52. The highest BCUT2D eigenvalue weighted by atomic mass is 35.5. The molecule has 0 aliphatic heterocycles. The van der Waals surface area contributed by atoms with Crippen molar-refractivity contribution in [3.05, 3.63) is 100 Å². The fraction of sp³-hybridized carbons (Fsp3) is 0.130. The summed E-state index contributed by atoms with van der Waals surface area (Å²) in [6.45, 7) is 2.32. The molecule has 4 rings (SSSR count). The van der Waals surface area contributed by atoms with Gasteiger partial charge < -0.3 is 10.3 Å². The van der Waals surface area contributed by atoms with Gasteiger partial charge in [0.25, 0.3) is 5.91 Å². The first-order chi connectivity index (χ1) is 13.6. The lowest BCUT2D eigenvalue weighted by molar-refractivity contribution is 0.0952. The first kappa shape index (κ1) is 18.3. The third kappa shape index (κ3) is 3.64. The number of aromatic nitrogens is 2. The maximum Gasteiger partial charge on any atom is 0.252 e. The molecule has 28 heavy (non-hydrogen) atoms. The second-order valence-electron chi connectivity index (χ2n) is 6.76. The van der Waals surface area contributed by atoms with Gasteiger partial charge >= 0.3 is 0 Å². The molecule has 0 bridgehead atoms. The van der Waals surface area contributed by atoms with Crippen molar-refractivity contribution in [1.29, 1.82) is 0 Å². The van der Waals surface area contributed by atoms with Crippen LogP contribution in [0, 0.1) is 6.92 Å². The molecule has 0 spiro atoms. The molecule has 1 atom stereocenters. The third-order valence-corrected chi connectivity index (χ3v) is 5.26. The Hall–Kier alpha value is -3.11. The minimum Gasteiger partial charge on any atom is -0.361 e. The zero-order valence-electron chi connectivity index (χ0n) is 15.4. The standard InChI is InChI=1S/C23H20ClN3O/c1-15-10-11-16(12-25-15)23(28)27-14-19(17-6-2-4-8-21(17)24)20-13-26-22-9-5-3-7-18(20)22/h2-13,19,26H,14H2,1H3,(H,27,28). The first-order valence-electron chi connectivity index (χ1n) is 9.15. The lowest BCUT2D eigenvalue weighted by atomic mass is 9.90. The van der Waals surface area contributed by atoms with E-state index in [4.69, 9.17) is 11.6 Å². The van der Waals surface area contributed by atoms with Crippen LogP contribution in [-0.2, 0) is 0 Å². The van der Waals surface area contributed by atoms with E-state index in [1.54, 1.807) is 12.3 Å². The Labute approximate surface area is 168 Å². The fourth-order valence-electron chi connectivity index (χ4n) is 3.43. The summed E-state index contributed by atoms with van der Waals surface area (Å²) in [7, 11) is 0. The van der Waals surface area contributed by atoms with E-state index in [9.17, 15) is 4.79 Å². The Morgan fingerprint density at radius 3 is 2.64 bits per heavy atom. The number of amides is 1. The van der Waals surface area contributed by atoms with Crippen LogP contribution >= 0.6 is 11.6 Å². The highest BCUT2D eigenvalue weighted by Crippen LogP contribution is 2.34. The van der Waals surface area contributed by atoms with Gasteiger partial charge in [0.1, 0.15) is 0 Å². The number of carbonyl (C=O) groups excluding carboxylic acids is 1. The largest absolute Gasteiger partial charge is 0.361 e. The quantitative estimate of drug-likeness (QED) is 0.499. The molecule has 0 fully saturated rings. The molecule has 0 saturated carbocycles. The van der Waals surface area contributed by atoms with Crippen molar-refractivity contribution >= 4 is 28.4 Å². The van der Waals surface area contributed by atoms with Gasteiger partial charge in [0.2, 0.25) is 0 Å². The second-order valence-corrected chi connectivity index (χ2v) is 7.17. The average Bonchev–Trinajstić information content (AvgIpc) is 3.14. The Kier molecular flexibility index (Phi) is 5.13. The van der Waals surface area contributed by atoms with E-state index in [1.807, 2.05) is 61.7 Å². The molecule has 0 aliphatic rings. The summed E-state index contributed by atoms with van der Waals surface area (Å²) in [5.74, 6) is -0.225. The number of hydrogen-bond acceptors (Lipinski definition) is 2. The summed E-state index contributed by atoms with van der Waals surface area (Å²) >= 11 is 6.50. The van der Waals surface area contributed by atoms with E-state index < -0.39 is 0 Å². The number of halogens is 1. The molecule has 2 aromatic carbocycles. The molecule has 2 heterocycles. The van der Waals surface area contributed by atoms with E-state index in [-0.39, 0.29) is 11.8 Å². The Balaban J connectivity index is 1.67. The topological polar surface area (TPSA) is 57.8 Å². The molecule has 4 nitrogen and oxygen atoms in total. The van der Waals surface area contributed by atoms with E-state index in [0.717, 1.165) is 27.7 Å². The van der Waals surface area contributed by atoms with Gasteiger partial charge in [-0.2, -0.15) is 0 Å². The molecule has 4 aromatic rings. The van der Waals surface area contributed by atoms with Gasteiger partial charge in [-0.1, -0.05) is 48.0 Å². The van der Waals surface area contributed by atoms with E-state index >= 15 is 0 Å². The predicted molar refractivity (Wildman–Crippen MR) is 113 cm³/mol. The smallest absolute Gasteiger partial charge is 0.252 e. The number of benzene rings is 2.